The summed E-state index contributed by atoms with van der Waals surface area (Å²) in [5.41, 5.74) is 6.15. The minimum Gasteiger partial charge on any atom is -0.484 e. The Morgan fingerprint density at radius 1 is 1.54 bits per heavy atom. The summed E-state index contributed by atoms with van der Waals surface area (Å²) in [5, 5.41) is 0. The van der Waals surface area contributed by atoms with Gasteiger partial charge in [-0.05, 0) is 19.1 Å². The van der Waals surface area contributed by atoms with Crippen molar-refractivity contribution in [3.63, 3.8) is 0 Å². The number of nitrogen functional groups attached to an aromatic ring is 1. The first-order valence-corrected chi connectivity index (χ1v) is 3.73. The lowest BCUT2D eigenvalue weighted by Crippen LogP contribution is -2.09. The van der Waals surface area contributed by atoms with Crippen LogP contribution in [0.1, 0.15) is 5.69 Å². The molecule has 0 aliphatic heterocycles. The minimum absolute atomic E-state index is 0.139. The number of aromatic nitrogens is 1. The smallest absolute Gasteiger partial charge is 0.272 e. The van der Waals surface area contributed by atoms with Crippen molar-refractivity contribution >= 4 is 5.82 Å². The first-order valence-electron chi connectivity index (χ1n) is 3.73. The van der Waals surface area contributed by atoms with Crippen LogP contribution in [0, 0.1) is 6.92 Å². The number of nitrogens with two attached hydrogens (primary N) is 1. The molecule has 0 aliphatic carbocycles. The monoisotopic (exact) mass is 188 g/mol. The number of rotatable bonds is 3. The van der Waals surface area contributed by atoms with Crippen molar-refractivity contribution in [3.05, 3.63) is 17.8 Å². The van der Waals surface area contributed by atoms with Crippen LogP contribution in [0.25, 0.3) is 0 Å². The van der Waals surface area contributed by atoms with Crippen LogP contribution in [0.4, 0.5) is 14.6 Å². The van der Waals surface area contributed by atoms with E-state index >= 15 is 0 Å². The SMILES string of the molecule is Cc1ccc(OCC(F)F)c(N)n1. The molecule has 0 fully saturated rings. The quantitative estimate of drug-likeness (QED) is 0.784. The van der Waals surface area contributed by atoms with Gasteiger partial charge in [0, 0.05) is 5.69 Å². The third-order valence-electron chi connectivity index (χ3n) is 1.39. The Morgan fingerprint density at radius 2 is 2.23 bits per heavy atom. The summed E-state index contributed by atoms with van der Waals surface area (Å²) in [4.78, 5) is 3.86. The van der Waals surface area contributed by atoms with Crippen molar-refractivity contribution in [1.82, 2.24) is 4.98 Å². The van der Waals surface area contributed by atoms with Crippen LogP contribution >= 0.6 is 0 Å². The molecular weight excluding hydrogens is 178 g/mol. The summed E-state index contributed by atoms with van der Waals surface area (Å²) in [6.07, 6.45) is -2.50. The standard InChI is InChI=1S/C8H10F2N2O/c1-5-2-3-6(8(11)12-5)13-4-7(9)10/h2-3,7H,4H2,1H3,(H2,11,12). The zero-order valence-corrected chi connectivity index (χ0v) is 7.13. The maximum absolute atomic E-state index is 11.7. The van der Waals surface area contributed by atoms with Gasteiger partial charge in [-0.1, -0.05) is 0 Å². The van der Waals surface area contributed by atoms with Crippen molar-refractivity contribution < 1.29 is 13.5 Å². The number of halogens is 2. The summed E-state index contributed by atoms with van der Waals surface area (Å²) in [6.45, 7) is 1.10. The van der Waals surface area contributed by atoms with Gasteiger partial charge in [-0.25, -0.2) is 13.8 Å². The Morgan fingerprint density at radius 3 is 2.77 bits per heavy atom. The lowest BCUT2D eigenvalue weighted by Gasteiger charge is -2.07. The molecule has 3 nitrogen and oxygen atoms in total. The molecule has 5 heteroatoms. The molecule has 0 atom stereocenters. The number of hydrogen-bond donors (Lipinski definition) is 1. The van der Waals surface area contributed by atoms with Crippen molar-refractivity contribution in [1.29, 1.82) is 0 Å². The van der Waals surface area contributed by atoms with Crippen LogP contribution in [0.15, 0.2) is 12.1 Å². The molecule has 1 rings (SSSR count). The van der Waals surface area contributed by atoms with E-state index in [0.717, 1.165) is 5.69 Å². The van der Waals surface area contributed by atoms with E-state index in [-0.39, 0.29) is 11.6 Å². The molecule has 0 saturated carbocycles. The largest absolute Gasteiger partial charge is 0.484 e. The first kappa shape index (κ1) is 9.70. The fraction of sp³-hybridized carbons (Fsp3) is 0.375. The lowest BCUT2D eigenvalue weighted by atomic mass is 10.3. The van der Waals surface area contributed by atoms with Crippen LogP contribution in [0.5, 0.6) is 5.75 Å². The Bertz CT molecular complexity index is 291. The fourth-order valence-electron chi connectivity index (χ4n) is 0.839. The molecule has 1 aromatic rings. The average molecular weight is 188 g/mol. The van der Waals surface area contributed by atoms with Crippen molar-refractivity contribution in [2.24, 2.45) is 0 Å². The third-order valence-corrected chi connectivity index (χ3v) is 1.39. The van der Waals surface area contributed by atoms with Gasteiger partial charge in [0.1, 0.15) is 6.61 Å². The third kappa shape index (κ3) is 2.85. The Balaban J connectivity index is 2.67. The number of anilines is 1. The predicted molar refractivity (Wildman–Crippen MR) is 44.9 cm³/mol. The molecule has 2 N–H and O–H groups in total. The van der Waals surface area contributed by atoms with Crippen molar-refractivity contribution in [3.8, 4) is 5.75 Å². The van der Waals surface area contributed by atoms with Gasteiger partial charge in [-0.3, -0.25) is 0 Å². The van der Waals surface area contributed by atoms with Gasteiger partial charge in [-0.2, -0.15) is 0 Å². The van der Waals surface area contributed by atoms with E-state index in [1.165, 1.54) is 6.07 Å². The highest BCUT2D eigenvalue weighted by Crippen LogP contribution is 2.19. The van der Waals surface area contributed by atoms with Crippen LogP contribution in [-0.2, 0) is 0 Å². The molecule has 0 aromatic carbocycles. The first-order chi connectivity index (χ1) is 6.09. The van der Waals surface area contributed by atoms with Crippen LogP contribution in [-0.4, -0.2) is 18.0 Å². The normalized spacial score (nSPS) is 10.5. The Kier molecular flexibility index (Phi) is 3.00. The molecular formula is C8H10F2N2O. The number of ether oxygens (including phenoxy) is 1. The van der Waals surface area contributed by atoms with Gasteiger partial charge in [0.2, 0.25) is 0 Å². The molecule has 13 heavy (non-hydrogen) atoms. The molecule has 0 aliphatic rings. The van der Waals surface area contributed by atoms with E-state index in [1.54, 1.807) is 13.0 Å². The summed E-state index contributed by atoms with van der Waals surface area (Å²) < 4.78 is 28.2. The van der Waals surface area contributed by atoms with E-state index in [4.69, 9.17) is 10.5 Å². The van der Waals surface area contributed by atoms with E-state index in [0.29, 0.717) is 0 Å². The van der Waals surface area contributed by atoms with Gasteiger partial charge in [0.25, 0.3) is 6.43 Å². The van der Waals surface area contributed by atoms with Crippen LogP contribution in [0.2, 0.25) is 0 Å². The maximum Gasteiger partial charge on any atom is 0.272 e. The number of hydrogen-bond acceptors (Lipinski definition) is 3. The maximum atomic E-state index is 11.7. The number of nitrogens with zero attached hydrogens (tertiary/aromatic N) is 1. The number of alkyl halides is 2. The number of aryl methyl sites for hydroxylation is 1. The van der Waals surface area contributed by atoms with E-state index in [2.05, 4.69) is 4.98 Å². The van der Waals surface area contributed by atoms with Crippen LogP contribution < -0.4 is 10.5 Å². The fourth-order valence-corrected chi connectivity index (χ4v) is 0.839. The molecule has 0 bridgehead atoms. The van der Waals surface area contributed by atoms with Gasteiger partial charge in [0.15, 0.2) is 11.6 Å². The zero-order valence-electron chi connectivity index (χ0n) is 7.13. The van der Waals surface area contributed by atoms with Crippen molar-refractivity contribution in [2.75, 3.05) is 12.3 Å². The second-order valence-electron chi connectivity index (χ2n) is 2.54. The van der Waals surface area contributed by atoms with Crippen molar-refractivity contribution in [2.45, 2.75) is 13.3 Å². The molecule has 1 heterocycles. The minimum atomic E-state index is -2.50. The van der Waals surface area contributed by atoms with Gasteiger partial charge in [0.05, 0.1) is 0 Å². The van der Waals surface area contributed by atoms with Gasteiger partial charge in [-0.15, -0.1) is 0 Å². The predicted octanol–water partition coefficient (Wildman–Crippen LogP) is 1.62. The molecule has 0 radical (unpaired) electrons. The summed E-state index contributed by atoms with van der Waals surface area (Å²) in [5.74, 6) is 0.339. The summed E-state index contributed by atoms with van der Waals surface area (Å²) in [7, 11) is 0. The molecule has 0 amide bonds. The topological polar surface area (TPSA) is 48.1 Å². The van der Waals surface area contributed by atoms with Crippen LogP contribution in [0.3, 0.4) is 0 Å². The molecule has 0 unspecified atom stereocenters. The van der Waals surface area contributed by atoms with E-state index in [9.17, 15) is 8.78 Å². The molecule has 1 aromatic heterocycles. The Hall–Kier alpha value is -1.39. The second kappa shape index (κ2) is 4.02. The highest BCUT2D eigenvalue weighted by molar-refractivity contribution is 5.46. The van der Waals surface area contributed by atoms with E-state index < -0.39 is 13.0 Å². The number of pyridine rings is 1. The van der Waals surface area contributed by atoms with Gasteiger partial charge >= 0.3 is 0 Å². The lowest BCUT2D eigenvalue weighted by molar-refractivity contribution is 0.0821. The highest BCUT2D eigenvalue weighted by Gasteiger charge is 2.06. The van der Waals surface area contributed by atoms with Gasteiger partial charge < -0.3 is 10.5 Å². The molecule has 72 valence electrons. The second-order valence-corrected chi connectivity index (χ2v) is 2.54. The summed E-state index contributed by atoms with van der Waals surface area (Å²) >= 11 is 0. The highest BCUT2D eigenvalue weighted by atomic mass is 19.3. The average Bonchev–Trinajstić information content (AvgIpc) is 2.02. The Labute approximate surface area is 74.5 Å². The molecule has 0 saturated heterocycles. The summed E-state index contributed by atoms with van der Waals surface area (Å²) in [6, 6.07) is 3.18. The zero-order chi connectivity index (χ0) is 9.84. The molecule has 0 spiro atoms. The van der Waals surface area contributed by atoms with E-state index in [1.807, 2.05) is 0 Å².